The molecule has 2 aliphatic rings. The largest absolute Gasteiger partial charge is 0.761 e. The Morgan fingerprint density at radius 2 is 2.08 bits per heavy atom. The normalized spacial score (nSPS) is 25.4. The van der Waals surface area contributed by atoms with Gasteiger partial charge in [0.1, 0.15) is 5.70 Å². The Bertz CT molecular complexity index is 586. The van der Waals surface area contributed by atoms with Gasteiger partial charge in [-0.1, -0.05) is 6.92 Å². The summed E-state index contributed by atoms with van der Waals surface area (Å²) in [6, 6.07) is -0.300. The maximum absolute atomic E-state index is 11.4. The molecular weight excluding hydrogens is 316 g/mol. The third-order valence-electron chi connectivity index (χ3n) is 4.55. The van der Waals surface area contributed by atoms with Gasteiger partial charge in [0.05, 0.1) is 4.92 Å². The van der Waals surface area contributed by atoms with Crippen molar-refractivity contribution in [3.63, 3.8) is 0 Å². The lowest BCUT2D eigenvalue weighted by molar-refractivity contribution is -0.426. The lowest BCUT2D eigenvalue weighted by Crippen LogP contribution is -2.50. The monoisotopic (exact) mass is 339 g/mol. The Balaban J connectivity index is 2.39. The fourth-order valence-electron chi connectivity index (χ4n) is 3.66. The molecule has 0 spiro atoms. The van der Waals surface area contributed by atoms with E-state index in [1.807, 2.05) is 17.3 Å². The molecule has 0 aromatic carbocycles. The topological polar surface area (TPSA) is 131 Å². The summed E-state index contributed by atoms with van der Waals surface area (Å²) in [5, 5.41) is 34.0. The number of rotatable bonds is 5. The average molecular weight is 339 g/mol. The third-order valence-corrected chi connectivity index (χ3v) is 4.55. The molecule has 0 radical (unpaired) electrons. The van der Waals surface area contributed by atoms with Gasteiger partial charge in [0, 0.05) is 37.3 Å². The van der Waals surface area contributed by atoms with E-state index in [1.165, 1.54) is 6.92 Å². The predicted molar refractivity (Wildman–Crippen MR) is 87.4 cm³/mol. The summed E-state index contributed by atoms with van der Waals surface area (Å²) in [6.07, 6.45) is 1.53. The number of carboxylic acid groups (broad SMARTS) is 1. The van der Waals surface area contributed by atoms with Crippen molar-refractivity contribution in [2.24, 2.45) is 5.92 Å². The summed E-state index contributed by atoms with van der Waals surface area (Å²) < 4.78 is 0. The second kappa shape index (κ2) is 7.52. The lowest BCUT2D eigenvalue weighted by atomic mass is 9.94. The molecule has 134 valence electrons. The minimum absolute atomic E-state index is 0.0113. The van der Waals surface area contributed by atoms with Crippen LogP contribution in [0, 0.1) is 21.2 Å². The fraction of sp³-hybridized carbons (Fsp3) is 0.667. The summed E-state index contributed by atoms with van der Waals surface area (Å²) in [5.41, 5.74) is 3.54. The molecule has 1 aliphatic carbocycles. The van der Waals surface area contributed by atoms with Crippen LogP contribution in [-0.4, -0.2) is 40.2 Å². The van der Waals surface area contributed by atoms with Crippen molar-refractivity contribution in [1.82, 2.24) is 15.7 Å². The zero-order valence-corrected chi connectivity index (χ0v) is 13.9. The van der Waals surface area contributed by atoms with E-state index in [2.05, 4.69) is 5.32 Å². The van der Waals surface area contributed by atoms with Crippen LogP contribution in [0.2, 0.25) is 0 Å². The molecule has 1 fully saturated rings. The number of hydroxylamine groups is 1. The number of hydrogen-bond donors (Lipinski definition) is 3. The van der Waals surface area contributed by atoms with Gasteiger partial charge in [0.25, 0.3) is 5.70 Å². The molecule has 0 bridgehead atoms. The van der Waals surface area contributed by atoms with Gasteiger partial charge < -0.3 is 26.0 Å². The lowest BCUT2D eigenvalue weighted by Gasteiger charge is -2.39. The third kappa shape index (κ3) is 3.97. The molecule has 1 aliphatic heterocycles. The Labute approximate surface area is 140 Å². The summed E-state index contributed by atoms with van der Waals surface area (Å²) >= 11 is 0. The highest BCUT2D eigenvalue weighted by Crippen LogP contribution is 2.35. The zero-order chi connectivity index (χ0) is 17.9. The van der Waals surface area contributed by atoms with Crippen LogP contribution in [0.25, 0.3) is 0 Å². The Morgan fingerprint density at radius 1 is 1.38 bits per heavy atom. The number of allylic oxidation sites excluding steroid dienone is 3. The van der Waals surface area contributed by atoms with Crippen molar-refractivity contribution >= 4 is 6.09 Å². The Morgan fingerprint density at radius 3 is 2.67 bits per heavy atom. The van der Waals surface area contributed by atoms with Crippen LogP contribution in [0.15, 0.2) is 22.7 Å². The first-order valence-corrected chi connectivity index (χ1v) is 8.03. The molecule has 1 amide bonds. The van der Waals surface area contributed by atoms with E-state index in [1.54, 1.807) is 0 Å². The van der Waals surface area contributed by atoms with Crippen LogP contribution >= 0.6 is 0 Å². The molecule has 1 heterocycles. The number of nitro groups is 1. The Hall–Kier alpha value is -2.29. The van der Waals surface area contributed by atoms with E-state index in [0.29, 0.717) is 49.3 Å². The van der Waals surface area contributed by atoms with Crippen LogP contribution in [0.4, 0.5) is 4.79 Å². The highest BCUT2D eigenvalue weighted by atomic mass is 16.6. The van der Waals surface area contributed by atoms with Crippen molar-refractivity contribution in [3.8, 4) is 0 Å². The molecule has 0 aromatic rings. The van der Waals surface area contributed by atoms with Gasteiger partial charge in [-0.2, -0.15) is 0 Å². The predicted octanol–water partition coefficient (Wildman–Crippen LogP) is 2.00. The van der Waals surface area contributed by atoms with Crippen LogP contribution in [0.5, 0.6) is 0 Å². The van der Waals surface area contributed by atoms with Gasteiger partial charge in [-0.25, -0.2) is 4.79 Å². The molecular formula is C15H23N4O5-. The van der Waals surface area contributed by atoms with Gasteiger partial charge in [0.15, 0.2) is 0 Å². The zero-order valence-electron chi connectivity index (χ0n) is 13.9. The summed E-state index contributed by atoms with van der Waals surface area (Å²) in [7, 11) is 0. The van der Waals surface area contributed by atoms with Gasteiger partial charge in [-0.15, -0.1) is 0 Å². The molecule has 24 heavy (non-hydrogen) atoms. The molecule has 3 N–H and O–H groups in total. The SMILES string of the molecule is CC(=C(C1=C(N[O-])CCC1)N1CC(C)CC(NC(=O)O)C1)[N+](=O)[O-]. The molecule has 2 rings (SSSR count). The van der Waals surface area contributed by atoms with Gasteiger partial charge in [-0.05, 0) is 31.6 Å². The second-order valence-electron chi connectivity index (χ2n) is 6.50. The molecule has 0 aromatic heterocycles. The minimum Gasteiger partial charge on any atom is -0.761 e. The van der Waals surface area contributed by atoms with E-state index in [9.17, 15) is 20.1 Å². The second-order valence-corrected chi connectivity index (χ2v) is 6.50. The summed E-state index contributed by atoms with van der Waals surface area (Å²) in [4.78, 5) is 23.7. The van der Waals surface area contributed by atoms with Crippen molar-refractivity contribution in [3.05, 3.63) is 38.0 Å². The summed E-state index contributed by atoms with van der Waals surface area (Å²) in [5.74, 6) is 0.177. The first-order valence-electron chi connectivity index (χ1n) is 8.03. The van der Waals surface area contributed by atoms with Crippen molar-refractivity contribution in [2.75, 3.05) is 13.1 Å². The van der Waals surface area contributed by atoms with Crippen LogP contribution < -0.4 is 10.8 Å². The fourth-order valence-corrected chi connectivity index (χ4v) is 3.66. The molecule has 0 saturated carbocycles. The Kier molecular flexibility index (Phi) is 5.66. The van der Waals surface area contributed by atoms with Crippen LogP contribution in [-0.2, 0) is 0 Å². The van der Waals surface area contributed by atoms with Gasteiger partial charge in [-0.3, -0.25) is 10.1 Å². The average Bonchev–Trinajstić information content (AvgIpc) is 2.94. The number of hydrogen-bond acceptors (Lipinski definition) is 6. The molecule has 9 heteroatoms. The quantitative estimate of drug-likeness (QED) is 0.515. The van der Waals surface area contributed by atoms with E-state index < -0.39 is 11.0 Å². The molecule has 2 atom stereocenters. The number of likely N-dealkylation sites (tertiary alicyclic amines) is 1. The number of amides is 1. The maximum Gasteiger partial charge on any atom is 0.404 e. The minimum atomic E-state index is -1.10. The highest BCUT2D eigenvalue weighted by Gasteiger charge is 2.33. The molecule has 2 unspecified atom stereocenters. The van der Waals surface area contributed by atoms with E-state index in [-0.39, 0.29) is 17.7 Å². The van der Waals surface area contributed by atoms with Gasteiger partial charge in [0.2, 0.25) is 0 Å². The standard InChI is InChI=1S/C15H23N4O5/c1-9-6-11(16-15(20)21)8-18(7-9)14(10(2)19(23)24)12-4-3-5-13(12)17-22/h9,11,16-17H,3-8H2,1-2H3,(H,20,21)/q-1. The first kappa shape index (κ1) is 18.1. The summed E-state index contributed by atoms with van der Waals surface area (Å²) in [6.45, 7) is 4.36. The van der Waals surface area contributed by atoms with Gasteiger partial charge >= 0.3 is 6.09 Å². The highest BCUT2D eigenvalue weighted by molar-refractivity contribution is 5.64. The maximum atomic E-state index is 11.4. The molecule has 9 nitrogen and oxygen atoms in total. The van der Waals surface area contributed by atoms with E-state index in [4.69, 9.17) is 5.11 Å². The smallest absolute Gasteiger partial charge is 0.404 e. The van der Waals surface area contributed by atoms with Crippen molar-refractivity contribution in [1.29, 1.82) is 0 Å². The van der Waals surface area contributed by atoms with E-state index in [0.717, 1.165) is 6.42 Å². The number of piperidine rings is 1. The molecule has 1 saturated heterocycles. The van der Waals surface area contributed by atoms with E-state index >= 15 is 0 Å². The number of nitrogens with one attached hydrogen (secondary N) is 2. The number of carbonyl (C=O) groups is 1. The van der Waals surface area contributed by atoms with Crippen LogP contribution in [0.3, 0.4) is 0 Å². The van der Waals surface area contributed by atoms with Crippen molar-refractivity contribution in [2.45, 2.75) is 45.6 Å². The first-order chi connectivity index (χ1) is 11.3. The number of nitrogens with zero attached hydrogens (tertiary/aromatic N) is 2. The van der Waals surface area contributed by atoms with Crippen LogP contribution in [0.1, 0.15) is 39.5 Å². The van der Waals surface area contributed by atoms with Crippen molar-refractivity contribution < 1.29 is 14.8 Å².